The molecule has 0 amide bonds. The summed E-state index contributed by atoms with van der Waals surface area (Å²) in [4.78, 5) is 0. The minimum absolute atomic E-state index is 0.194. The molecule has 0 bridgehead atoms. The summed E-state index contributed by atoms with van der Waals surface area (Å²) in [6, 6.07) is 0. The first-order chi connectivity index (χ1) is 3.15. The zero-order chi connectivity index (χ0) is 6.28. The molecule has 0 saturated heterocycles. The van der Waals surface area contributed by atoms with E-state index in [4.69, 9.17) is 56.4 Å². The first-order valence-corrected chi connectivity index (χ1v) is 7.50. The minimum atomic E-state index is -1.72. The molecule has 46 valence electrons. The third-order valence-corrected chi connectivity index (χ3v) is 0. The second-order valence-electron chi connectivity index (χ2n) is 0.348. The molecule has 0 aliphatic carbocycles. The molecule has 0 aromatic heterocycles. The Morgan fingerprint density at radius 2 is 1.00 bits per heavy atom. The molecule has 0 aliphatic rings. The molecule has 0 fully saturated rings. The van der Waals surface area contributed by atoms with Gasteiger partial charge < -0.3 is 0 Å². The Morgan fingerprint density at radius 1 is 1.00 bits per heavy atom. The van der Waals surface area contributed by atoms with Crippen LogP contribution in [0.3, 0.4) is 0 Å². The molecular formula is CH3Cl5Si. The summed E-state index contributed by atoms with van der Waals surface area (Å²) in [6.07, 6.45) is 0. The summed E-state index contributed by atoms with van der Waals surface area (Å²) in [6.45, 7) is -1.72. The summed E-state index contributed by atoms with van der Waals surface area (Å²) < 4.78 is 0. The van der Waals surface area contributed by atoms with E-state index >= 15 is 0 Å². The van der Waals surface area contributed by atoms with Crippen molar-refractivity contribution in [3.8, 4) is 0 Å². The highest BCUT2D eigenvalue weighted by Gasteiger charge is 1.85. The Kier molecular flexibility index (Phi) is 17.4. The molecule has 0 aliphatic heterocycles. The van der Waals surface area contributed by atoms with Crippen LogP contribution in [0.5, 0.6) is 0 Å². The molecule has 0 heterocycles. The van der Waals surface area contributed by atoms with Crippen LogP contribution in [-0.2, 0) is 0 Å². The minimum Gasteiger partial charge on any atom is -0.130 e. The number of halogens is 5. The fourth-order valence-electron chi connectivity index (χ4n) is 0. The van der Waals surface area contributed by atoms with Gasteiger partial charge in [-0.3, -0.25) is 0 Å². The van der Waals surface area contributed by atoms with Crippen molar-refractivity contribution in [1.29, 1.82) is 0 Å². The largest absolute Gasteiger partial charge is 0.326 e. The first-order valence-electron chi connectivity index (χ1n) is 1.19. The van der Waals surface area contributed by atoms with Crippen LogP contribution < -0.4 is 0 Å². The second kappa shape index (κ2) is 10.6. The third-order valence-electron chi connectivity index (χ3n) is 0. The third kappa shape index (κ3) is 88.6. The van der Waals surface area contributed by atoms with Gasteiger partial charge in [-0.05, 0) is 0 Å². The number of hydrogen-bond acceptors (Lipinski definition) is 0. The highest BCUT2D eigenvalue weighted by atomic mass is 35.8. The van der Waals surface area contributed by atoms with E-state index in [-0.39, 0.29) is 5.34 Å². The van der Waals surface area contributed by atoms with Crippen LogP contribution in [0.1, 0.15) is 0 Å². The number of alkyl halides is 2. The van der Waals surface area contributed by atoms with Gasteiger partial charge in [-0.15, -0.1) is 56.4 Å². The van der Waals surface area contributed by atoms with Gasteiger partial charge in [-0.1, -0.05) is 0 Å². The van der Waals surface area contributed by atoms with E-state index in [1.165, 1.54) is 0 Å². The summed E-state index contributed by atoms with van der Waals surface area (Å²) in [5.41, 5.74) is 0. The predicted octanol–water partition coefficient (Wildman–Crippen LogP) is 2.84. The summed E-state index contributed by atoms with van der Waals surface area (Å²) in [7, 11) is 0. The Hall–Kier alpha value is 1.67. The summed E-state index contributed by atoms with van der Waals surface area (Å²) in [5.74, 6) is 0. The SMILES string of the molecule is ClCCl.Cl[SiH](Cl)Cl. The lowest BCUT2D eigenvalue weighted by Gasteiger charge is -1.65. The summed E-state index contributed by atoms with van der Waals surface area (Å²) in [5, 5.41) is 0.194. The van der Waals surface area contributed by atoms with Crippen molar-refractivity contribution in [1.82, 2.24) is 0 Å². The molecule has 0 radical (unpaired) electrons. The van der Waals surface area contributed by atoms with E-state index in [0.717, 1.165) is 0 Å². The van der Waals surface area contributed by atoms with Gasteiger partial charge in [0.2, 0.25) is 0 Å². The lowest BCUT2D eigenvalue weighted by Crippen LogP contribution is -1.66. The zero-order valence-corrected chi connectivity index (χ0v) is 8.11. The predicted molar refractivity (Wildman–Crippen MR) is 41.3 cm³/mol. The molecule has 7 heavy (non-hydrogen) atoms. The molecule has 0 unspecified atom stereocenters. The van der Waals surface area contributed by atoms with Gasteiger partial charge in [0, 0.05) is 0 Å². The number of rotatable bonds is 0. The Labute approximate surface area is 68.4 Å². The van der Waals surface area contributed by atoms with Crippen molar-refractivity contribution in [2.45, 2.75) is 0 Å². The monoisotopic (exact) mass is 218 g/mol. The molecular weight excluding hydrogens is 217 g/mol. The summed E-state index contributed by atoms with van der Waals surface area (Å²) >= 11 is 24.4. The van der Waals surface area contributed by atoms with Crippen molar-refractivity contribution in [3.05, 3.63) is 0 Å². The second-order valence-corrected chi connectivity index (χ2v) is 7.59. The molecule has 6 heteroatoms. The smallest absolute Gasteiger partial charge is 0.130 e. The van der Waals surface area contributed by atoms with Crippen LogP contribution in [0.4, 0.5) is 0 Å². The van der Waals surface area contributed by atoms with Gasteiger partial charge in [0.1, 0.15) is 0 Å². The van der Waals surface area contributed by atoms with Crippen LogP contribution in [0, 0.1) is 0 Å². The van der Waals surface area contributed by atoms with E-state index in [1.807, 2.05) is 0 Å². The molecule has 0 atom stereocenters. The van der Waals surface area contributed by atoms with E-state index in [2.05, 4.69) is 0 Å². The van der Waals surface area contributed by atoms with Crippen LogP contribution in [0.25, 0.3) is 0 Å². The molecule has 0 N–H and O–H groups in total. The number of hydrogen-bond donors (Lipinski definition) is 0. The van der Waals surface area contributed by atoms with E-state index in [1.54, 1.807) is 0 Å². The standard InChI is InChI=1S/CH2Cl2.Cl3HSi/c2-1-3;1-4(2)3/h1H2;4H. The van der Waals surface area contributed by atoms with Crippen LogP contribution in [0.2, 0.25) is 0 Å². The normalized spacial score (nSPS) is 7.71. The molecule has 0 aromatic rings. The van der Waals surface area contributed by atoms with Gasteiger partial charge in [0.15, 0.2) is 0 Å². The van der Waals surface area contributed by atoms with Crippen molar-refractivity contribution in [3.63, 3.8) is 0 Å². The average Bonchev–Trinajstić information content (AvgIpc) is 1.33. The molecule has 0 nitrogen and oxygen atoms in total. The molecule has 0 spiro atoms. The maximum absolute atomic E-state index is 4.94. The maximum atomic E-state index is 4.94. The van der Waals surface area contributed by atoms with Gasteiger partial charge in [0.05, 0.1) is 5.34 Å². The van der Waals surface area contributed by atoms with Crippen molar-refractivity contribution >= 4 is 63.2 Å². The highest BCUT2D eigenvalue weighted by molar-refractivity contribution is 7.54. The van der Waals surface area contributed by atoms with Crippen LogP contribution >= 0.6 is 56.4 Å². The van der Waals surface area contributed by atoms with Crippen LogP contribution in [0.15, 0.2) is 0 Å². The molecule has 0 aromatic carbocycles. The zero-order valence-electron chi connectivity index (χ0n) is 3.17. The Morgan fingerprint density at radius 3 is 1.00 bits per heavy atom. The van der Waals surface area contributed by atoms with Gasteiger partial charge >= 0.3 is 6.73 Å². The Balaban J connectivity index is 0. The molecule has 0 rings (SSSR count). The first kappa shape index (κ1) is 11.5. The quantitative estimate of drug-likeness (QED) is 0.334. The lowest BCUT2D eigenvalue weighted by molar-refractivity contribution is 2.20. The highest BCUT2D eigenvalue weighted by Crippen LogP contribution is 1.97. The van der Waals surface area contributed by atoms with Gasteiger partial charge in [-0.2, -0.15) is 0 Å². The van der Waals surface area contributed by atoms with Crippen molar-refractivity contribution in [2.75, 3.05) is 5.34 Å². The average molecular weight is 220 g/mol. The van der Waals surface area contributed by atoms with E-state index in [0.29, 0.717) is 0 Å². The van der Waals surface area contributed by atoms with Crippen molar-refractivity contribution < 1.29 is 0 Å². The topological polar surface area (TPSA) is 0 Å². The van der Waals surface area contributed by atoms with Gasteiger partial charge in [0.25, 0.3) is 0 Å². The molecule has 0 saturated carbocycles. The fourth-order valence-corrected chi connectivity index (χ4v) is 0. The van der Waals surface area contributed by atoms with Crippen LogP contribution in [-0.4, -0.2) is 12.1 Å². The van der Waals surface area contributed by atoms with E-state index < -0.39 is 6.73 Å². The lowest BCUT2D eigenvalue weighted by atomic mass is 11.9. The Bertz CT molecular complexity index is 19.3. The van der Waals surface area contributed by atoms with E-state index in [9.17, 15) is 0 Å². The fraction of sp³-hybridized carbons (Fsp3) is 1.00. The van der Waals surface area contributed by atoms with Gasteiger partial charge in [-0.25, -0.2) is 0 Å². The van der Waals surface area contributed by atoms with Crippen molar-refractivity contribution in [2.24, 2.45) is 0 Å². The maximum Gasteiger partial charge on any atom is 0.326 e.